The van der Waals surface area contributed by atoms with E-state index >= 15 is 0 Å². The third-order valence-corrected chi connectivity index (χ3v) is 4.53. The summed E-state index contributed by atoms with van der Waals surface area (Å²) >= 11 is 0. The molecule has 2 aromatic heterocycles. The largest absolute Gasteiger partial charge is 0.383 e. The van der Waals surface area contributed by atoms with Crippen molar-refractivity contribution in [3.63, 3.8) is 0 Å². The Kier molecular flexibility index (Phi) is 6.54. The lowest BCUT2D eigenvalue weighted by molar-refractivity contribution is 0.146. The number of ether oxygens (including phenoxy) is 1. The minimum atomic E-state index is -0.142. The topological polar surface area (TPSA) is 85.2 Å². The lowest BCUT2D eigenvalue weighted by Crippen LogP contribution is -2.41. The zero-order valence-electron chi connectivity index (χ0n) is 15.2. The van der Waals surface area contributed by atoms with Crippen LogP contribution >= 0.6 is 0 Å². The van der Waals surface area contributed by atoms with E-state index in [-0.39, 0.29) is 6.03 Å². The number of nitrogens with zero attached hydrogens (tertiary/aromatic N) is 5. The Hall–Kier alpha value is -2.48. The predicted octanol–water partition coefficient (Wildman–Crippen LogP) is 1.76. The van der Waals surface area contributed by atoms with E-state index in [0.29, 0.717) is 26.2 Å². The number of nitrogens with one attached hydrogen (secondary N) is 1. The number of carbonyl (C=O) groups excluding carboxylic acids is 1. The molecule has 1 aliphatic rings. The molecule has 3 rings (SSSR count). The van der Waals surface area contributed by atoms with Crippen LogP contribution in [0, 0.1) is 0 Å². The van der Waals surface area contributed by atoms with Gasteiger partial charge in [0.05, 0.1) is 13.2 Å². The van der Waals surface area contributed by atoms with Crippen molar-refractivity contribution in [3.8, 4) is 0 Å². The summed E-state index contributed by atoms with van der Waals surface area (Å²) in [5.74, 6) is 1.85. The Morgan fingerprint density at radius 2 is 2.27 bits per heavy atom. The van der Waals surface area contributed by atoms with E-state index in [1.54, 1.807) is 24.4 Å². The molecule has 0 spiro atoms. The van der Waals surface area contributed by atoms with Crippen molar-refractivity contribution < 1.29 is 9.53 Å². The maximum atomic E-state index is 12.7. The molecule has 0 radical (unpaired) electrons. The third-order valence-electron chi connectivity index (χ3n) is 4.53. The number of amides is 2. The number of hydrogen-bond donors (Lipinski definition) is 1. The van der Waals surface area contributed by atoms with Crippen LogP contribution in [0.3, 0.4) is 0 Å². The van der Waals surface area contributed by atoms with Gasteiger partial charge in [0.25, 0.3) is 0 Å². The number of rotatable bonds is 7. The van der Waals surface area contributed by atoms with Crippen LogP contribution in [-0.2, 0) is 30.8 Å². The Labute approximate surface area is 153 Å². The molecule has 0 atom stereocenters. The first-order chi connectivity index (χ1) is 12.8. The molecular weight excluding hydrogens is 332 g/mol. The lowest BCUT2D eigenvalue weighted by Gasteiger charge is -2.22. The Morgan fingerprint density at radius 1 is 1.35 bits per heavy atom. The van der Waals surface area contributed by atoms with E-state index in [4.69, 9.17) is 4.74 Å². The molecule has 140 valence electrons. The van der Waals surface area contributed by atoms with Gasteiger partial charge in [0, 0.05) is 45.6 Å². The van der Waals surface area contributed by atoms with Gasteiger partial charge in [0.2, 0.25) is 0 Å². The van der Waals surface area contributed by atoms with E-state index in [0.717, 1.165) is 43.0 Å². The predicted molar refractivity (Wildman–Crippen MR) is 96.3 cm³/mol. The number of urea groups is 1. The molecule has 3 heterocycles. The second-order valence-corrected chi connectivity index (χ2v) is 6.43. The minimum Gasteiger partial charge on any atom is -0.383 e. The van der Waals surface area contributed by atoms with E-state index in [1.165, 1.54) is 6.42 Å². The van der Waals surface area contributed by atoms with Gasteiger partial charge in [-0.15, -0.1) is 10.2 Å². The zero-order chi connectivity index (χ0) is 18.2. The molecule has 0 fully saturated rings. The smallest absolute Gasteiger partial charge is 0.318 e. The molecule has 2 amide bonds. The van der Waals surface area contributed by atoms with Gasteiger partial charge in [-0.05, 0) is 24.5 Å². The third kappa shape index (κ3) is 4.78. The number of pyridine rings is 1. The van der Waals surface area contributed by atoms with Gasteiger partial charge < -0.3 is 19.5 Å². The number of aromatic nitrogens is 4. The summed E-state index contributed by atoms with van der Waals surface area (Å²) in [6, 6.07) is 3.68. The molecule has 8 heteroatoms. The van der Waals surface area contributed by atoms with Crippen molar-refractivity contribution >= 4 is 6.03 Å². The number of carbonyl (C=O) groups is 1. The molecule has 2 aromatic rings. The molecule has 8 nitrogen and oxygen atoms in total. The standard InChI is InChI=1S/C18H26N6O2/c1-26-11-10-23(14-15-6-5-8-19-12-15)18(25)20-13-17-22-21-16-7-3-2-4-9-24(16)17/h5-6,8,12H,2-4,7,9-11,13-14H2,1H3,(H,20,25). The second kappa shape index (κ2) is 9.28. The SMILES string of the molecule is COCCN(Cc1cccnc1)C(=O)NCc1nnc2n1CCCCC2. The summed E-state index contributed by atoms with van der Waals surface area (Å²) in [5.41, 5.74) is 0.982. The Morgan fingerprint density at radius 3 is 3.08 bits per heavy atom. The number of aryl methyl sites for hydroxylation is 1. The van der Waals surface area contributed by atoms with Crippen molar-refractivity contribution in [1.82, 2.24) is 30.0 Å². The van der Waals surface area contributed by atoms with Crippen LogP contribution in [-0.4, -0.2) is 50.9 Å². The molecular formula is C18H26N6O2. The van der Waals surface area contributed by atoms with Crippen LogP contribution in [0.15, 0.2) is 24.5 Å². The van der Waals surface area contributed by atoms with Gasteiger partial charge in [-0.2, -0.15) is 0 Å². The normalized spacial score (nSPS) is 13.7. The fourth-order valence-electron chi connectivity index (χ4n) is 3.11. The molecule has 0 bridgehead atoms. The van der Waals surface area contributed by atoms with Gasteiger partial charge in [-0.1, -0.05) is 12.5 Å². The Bertz CT molecular complexity index is 703. The first kappa shape index (κ1) is 18.3. The van der Waals surface area contributed by atoms with Crippen LogP contribution in [0.5, 0.6) is 0 Å². The highest BCUT2D eigenvalue weighted by Gasteiger charge is 2.18. The van der Waals surface area contributed by atoms with Gasteiger partial charge in [-0.3, -0.25) is 4.98 Å². The van der Waals surface area contributed by atoms with E-state index in [9.17, 15) is 4.79 Å². The highest BCUT2D eigenvalue weighted by Crippen LogP contribution is 2.14. The quantitative estimate of drug-likeness (QED) is 0.815. The van der Waals surface area contributed by atoms with Gasteiger partial charge >= 0.3 is 6.03 Å². The van der Waals surface area contributed by atoms with Crippen molar-refractivity contribution in [2.75, 3.05) is 20.3 Å². The summed E-state index contributed by atoms with van der Waals surface area (Å²) < 4.78 is 7.28. The average molecular weight is 358 g/mol. The summed E-state index contributed by atoms with van der Waals surface area (Å²) in [4.78, 5) is 18.5. The average Bonchev–Trinajstić information content (AvgIpc) is 2.90. The van der Waals surface area contributed by atoms with Crippen LogP contribution < -0.4 is 5.32 Å². The molecule has 1 aliphatic heterocycles. The summed E-state index contributed by atoms with van der Waals surface area (Å²) in [6.45, 7) is 2.78. The fraction of sp³-hybridized carbons (Fsp3) is 0.556. The minimum absolute atomic E-state index is 0.142. The van der Waals surface area contributed by atoms with Crippen molar-refractivity contribution in [2.45, 2.75) is 45.3 Å². The molecule has 0 saturated carbocycles. The maximum Gasteiger partial charge on any atom is 0.318 e. The lowest BCUT2D eigenvalue weighted by atomic mass is 10.2. The molecule has 0 unspecified atom stereocenters. The van der Waals surface area contributed by atoms with Crippen molar-refractivity contribution in [3.05, 3.63) is 41.7 Å². The van der Waals surface area contributed by atoms with E-state index in [1.807, 2.05) is 12.1 Å². The molecule has 26 heavy (non-hydrogen) atoms. The van der Waals surface area contributed by atoms with Gasteiger partial charge in [-0.25, -0.2) is 4.79 Å². The summed E-state index contributed by atoms with van der Waals surface area (Å²) in [7, 11) is 1.63. The molecule has 0 saturated heterocycles. The summed E-state index contributed by atoms with van der Waals surface area (Å²) in [6.07, 6.45) is 7.95. The molecule has 1 N–H and O–H groups in total. The van der Waals surface area contributed by atoms with Gasteiger partial charge in [0.1, 0.15) is 5.82 Å². The number of methoxy groups -OCH3 is 1. The number of hydrogen-bond acceptors (Lipinski definition) is 5. The van der Waals surface area contributed by atoms with Gasteiger partial charge in [0.15, 0.2) is 5.82 Å². The highest BCUT2D eigenvalue weighted by atomic mass is 16.5. The molecule has 0 aromatic carbocycles. The Balaban J connectivity index is 1.61. The first-order valence-electron chi connectivity index (χ1n) is 9.09. The summed E-state index contributed by atoms with van der Waals surface area (Å²) in [5, 5.41) is 11.5. The van der Waals surface area contributed by atoms with Crippen molar-refractivity contribution in [1.29, 1.82) is 0 Å². The molecule has 0 aliphatic carbocycles. The van der Waals surface area contributed by atoms with Crippen LogP contribution in [0.2, 0.25) is 0 Å². The van der Waals surface area contributed by atoms with E-state index in [2.05, 4.69) is 25.1 Å². The monoisotopic (exact) mass is 358 g/mol. The maximum absolute atomic E-state index is 12.7. The van der Waals surface area contributed by atoms with Crippen LogP contribution in [0.4, 0.5) is 4.79 Å². The second-order valence-electron chi connectivity index (χ2n) is 6.43. The highest BCUT2D eigenvalue weighted by molar-refractivity contribution is 5.74. The van der Waals surface area contributed by atoms with Crippen LogP contribution in [0.25, 0.3) is 0 Å². The van der Waals surface area contributed by atoms with E-state index < -0.39 is 0 Å². The zero-order valence-corrected chi connectivity index (χ0v) is 15.2. The fourth-order valence-corrected chi connectivity index (χ4v) is 3.11. The number of fused-ring (bicyclic) bond motifs is 1. The van der Waals surface area contributed by atoms with Crippen LogP contribution in [0.1, 0.15) is 36.5 Å². The first-order valence-corrected chi connectivity index (χ1v) is 9.09. The van der Waals surface area contributed by atoms with Crippen molar-refractivity contribution in [2.24, 2.45) is 0 Å².